The van der Waals surface area contributed by atoms with Crippen LogP contribution in [-0.4, -0.2) is 32.7 Å². The van der Waals surface area contributed by atoms with E-state index >= 15 is 0 Å². The molecule has 1 saturated carbocycles. The molecule has 1 fully saturated rings. The van der Waals surface area contributed by atoms with Crippen molar-refractivity contribution >= 4 is 10.0 Å². The molecule has 0 atom stereocenters. The van der Waals surface area contributed by atoms with Gasteiger partial charge in [0.05, 0.1) is 17.6 Å². The maximum absolute atomic E-state index is 13.8. The van der Waals surface area contributed by atoms with Gasteiger partial charge in [-0.3, -0.25) is 0 Å². The predicted octanol–water partition coefficient (Wildman–Crippen LogP) is 3.92. The number of hydrogen-bond acceptors (Lipinski definition) is 5. The van der Waals surface area contributed by atoms with E-state index in [0.29, 0.717) is 31.9 Å². The van der Waals surface area contributed by atoms with Gasteiger partial charge < -0.3 is 9.47 Å². The maximum atomic E-state index is 13.8. The number of methoxy groups -OCH3 is 1. The van der Waals surface area contributed by atoms with Gasteiger partial charge in [0, 0.05) is 18.3 Å². The van der Waals surface area contributed by atoms with Crippen molar-refractivity contribution in [2.75, 3.05) is 7.11 Å². The van der Waals surface area contributed by atoms with Crippen LogP contribution in [0.15, 0.2) is 41.4 Å². The summed E-state index contributed by atoms with van der Waals surface area (Å²) in [6, 6.07) is 5.10. The van der Waals surface area contributed by atoms with Crippen molar-refractivity contribution in [3.05, 3.63) is 47.9 Å². The number of sulfonamides is 1. The van der Waals surface area contributed by atoms with Crippen LogP contribution >= 0.6 is 0 Å². The van der Waals surface area contributed by atoms with Crippen molar-refractivity contribution in [2.24, 2.45) is 0 Å². The zero-order valence-electron chi connectivity index (χ0n) is 15.9. The van der Waals surface area contributed by atoms with Gasteiger partial charge in [0.1, 0.15) is 6.10 Å². The molecule has 3 rings (SSSR count). The molecular formula is C19H20F4N2O4S. The van der Waals surface area contributed by atoms with Crippen LogP contribution in [0.1, 0.15) is 31.2 Å². The second-order valence-electron chi connectivity index (χ2n) is 6.89. The lowest BCUT2D eigenvalue weighted by Crippen LogP contribution is -2.39. The molecule has 2 aromatic rings. The Morgan fingerprint density at radius 2 is 1.80 bits per heavy atom. The third-order valence-electron chi connectivity index (χ3n) is 4.78. The molecule has 0 bridgehead atoms. The molecule has 0 aliphatic heterocycles. The Kier molecular flexibility index (Phi) is 6.51. The van der Waals surface area contributed by atoms with E-state index in [1.54, 1.807) is 0 Å². The highest BCUT2D eigenvalue weighted by atomic mass is 32.2. The van der Waals surface area contributed by atoms with Crippen molar-refractivity contribution in [2.45, 2.75) is 48.9 Å². The summed E-state index contributed by atoms with van der Waals surface area (Å²) >= 11 is 0. The molecule has 0 amide bonds. The molecular weight excluding hydrogens is 428 g/mol. The van der Waals surface area contributed by atoms with Crippen molar-refractivity contribution in [1.82, 2.24) is 9.71 Å². The van der Waals surface area contributed by atoms with Gasteiger partial charge in [0.15, 0.2) is 11.6 Å². The van der Waals surface area contributed by atoms with Gasteiger partial charge in [-0.2, -0.15) is 13.2 Å². The topological polar surface area (TPSA) is 77.5 Å². The molecule has 1 aliphatic rings. The van der Waals surface area contributed by atoms with E-state index in [2.05, 4.69) is 9.71 Å². The molecule has 1 aromatic carbocycles. The predicted molar refractivity (Wildman–Crippen MR) is 99.2 cm³/mol. The van der Waals surface area contributed by atoms with Crippen molar-refractivity contribution in [1.29, 1.82) is 0 Å². The first-order valence-corrected chi connectivity index (χ1v) is 10.6. The van der Waals surface area contributed by atoms with Crippen LogP contribution in [0.5, 0.6) is 11.6 Å². The van der Waals surface area contributed by atoms with Crippen molar-refractivity contribution < 1.29 is 35.5 Å². The molecule has 1 aliphatic carbocycles. The highest BCUT2D eigenvalue weighted by Gasteiger charge is 2.31. The van der Waals surface area contributed by atoms with Crippen LogP contribution in [0, 0.1) is 5.82 Å². The molecule has 164 valence electrons. The summed E-state index contributed by atoms with van der Waals surface area (Å²) in [7, 11) is -2.62. The van der Waals surface area contributed by atoms with Gasteiger partial charge in [-0.05, 0) is 49.9 Å². The number of alkyl halides is 3. The lowest BCUT2D eigenvalue weighted by Gasteiger charge is -2.29. The highest BCUT2D eigenvalue weighted by Crippen LogP contribution is 2.30. The van der Waals surface area contributed by atoms with Crippen LogP contribution < -0.4 is 14.2 Å². The average molecular weight is 448 g/mol. The molecule has 0 radical (unpaired) electrons. The Bertz CT molecular complexity index is 973. The Hall–Kier alpha value is -2.40. The minimum absolute atomic E-state index is 0.0523. The molecule has 1 N–H and O–H groups in total. The summed E-state index contributed by atoms with van der Waals surface area (Å²) in [6.07, 6.45) is -2.13. The lowest BCUT2D eigenvalue weighted by molar-refractivity contribution is -0.137. The number of pyridine rings is 1. The first-order chi connectivity index (χ1) is 14.1. The van der Waals surface area contributed by atoms with E-state index in [0.717, 1.165) is 18.2 Å². The fourth-order valence-electron chi connectivity index (χ4n) is 3.19. The van der Waals surface area contributed by atoms with E-state index in [1.807, 2.05) is 0 Å². The number of aromatic nitrogens is 1. The molecule has 0 spiro atoms. The molecule has 6 nitrogen and oxygen atoms in total. The lowest BCUT2D eigenvalue weighted by atomic mass is 9.94. The number of rotatable bonds is 6. The molecule has 1 heterocycles. The van der Waals surface area contributed by atoms with Crippen molar-refractivity contribution in [3.63, 3.8) is 0 Å². The summed E-state index contributed by atoms with van der Waals surface area (Å²) in [6.45, 7) is 0. The second-order valence-corrected chi connectivity index (χ2v) is 8.61. The van der Waals surface area contributed by atoms with Crippen LogP contribution in [-0.2, 0) is 16.2 Å². The summed E-state index contributed by atoms with van der Waals surface area (Å²) in [5.41, 5.74) is -0.858. The standard InChI is InChI=1S/C19H20F4N2O4S/c1-28-17-8-7-15(10-16(17)20)30(26,27)25-13-3-5-14(6-4-13)29-18-9-2-12(11-24-18)19(21,22)23/h2,7-11,13-14,25H,3-6H2,1H3. The largest absolute Gasteiger partial charge is 0.494 e. The number of ether oxygens (including phenoxy) is 2. The monoisotopic (exact) mass is 448 g/mol. The second kappa shape index (κ2) is 8.76. The quantitative estimate of drug-likeness (QED) is 0.678. The Morgan fingerprint density at radius 1 is 1.10 bits per heavy atom. The minimum Gasteiger partial charge on any atom is -0.494 e. The summed E-state index contributed by atoms with van der Waals surface area (Å²) in [4.78, 5) is 3.48. The number of benzene rings is 1. The van der Waals surface area contributed by atoms with Crippen LogP contribution in [0.2, 0.25) is 0 Å². The number of nitrogens with zero attached hydrogens (tertiary/aromatic N) is 1. The van der Waals surface area contributed by atoms with E-state index in [1.165, 1.54) is 19.2 Å². The number of nitrogens with one attached hydrogen (secondary N) is 1. The summed E-state index contributed by atoms with van der Waals surface area (Å²) in [5, 5.41) is 0. The highest BCUT2D eigenvalue weighted by molar-refractivity contribution is 7.89. The molecule has 30 heavy (non-hydrogen) atoms. The molecule has 0 saturated heterocycles. The fraction of sp³-hybridized carbons (Fsp3) is 0.421. The SMILES string of the molecule is COc1ccc(S(=O)(=O)NC2CCC(Oc3ccc(C(F)(F)F)cn3)CC2)cc1F. The van der Waals surface area contributed by atoms with Crippen LogP contribution in [0.3, 0.4) is 0 Å². The number of halogens is 4. The van der Waals surface area contributed by atoms with Crippen LogP contribution in [0.4, 0.5) is 17.6 Å². The maximum Gasteiger partial charge on any atom is 0.417 e. The zero-order valence-corrected chi connectivity index (χ0v) is 16.8. The molecule has 1 aromatic heterocycles. The van der Waals surface area contributed by atoms with Gasteiger partial charge in [-0.25, -0.2) is 22.5 Å². The van der Waals surface area contributed by atoms with Gasteiger partial charge in [0.2, 0.25) is 15.9 Å². The van der Waals surface area contributed by atoms with E-state index in [4.69, 9.17) is 9.47 Å². The first kappa shape index (κ1) is 22.3. The summed E-state index contributed by atoms with van der Waals surface area (Å²) < 4.78 is 89.4. The van der Waals surface area contributed by atoms with E-state index in [-0.39, 0.29) is 28.7 Å². The molecule has 11 heteroatoms. The van der Waals surface area contributed by atoms with Gasteiger partial charge in [-0.15, -0.1) is 0 Å². The Balaban J connectivity index is 1.54. The molecule has 0 unspecified atom stereocenters. The van der Waals surface area contributed by atoms with Crippen LogP contribution in [0.25, 0.3) is 0 Å². The Morgan fingerprint density at radius 3 is 2.33 bits per heavy atom. The van der Waals surface area contributed by atoms with Crippen molar-refractivity contribution in [3.8, 4) is 11.6 Å². The normalized spacial score (nSPS) is 20.0. The Labute approximate surface area is 171 Å². The van der Waals surface area contributed by atoms with Gasteiger partial charge >= 0.3 is 6.18 Å². The minimum atomic E-state index is -4.46. The van der Waals surface area contributed by atoms with E-state index < -0.39 is 27.6 Å². The van der Waals surface area contributed by atoms with E-state index in [9.17, 15) is 26.0 Å². The van der Waals surface area contributed by atoms with Gasteiger partial charge in [0.25, 0.3) is 0 Å². The first-order valence-electron chi connectivity index (χ1n) is 9.14. The smallest absolute Gasteiger partial charge is 0.417 e. The summed E-state index contributed by atoms with van der Waals surface area (Å²) in [5.74, 6) is -0.745. The number of hydrogen-bond donors (Lipinski definition) is 1. The van der Waals surface area contributed by atoms with Gasteiger partial charge in [-0.1, -0.05) is 0 Å². The average Bonchev–Trinajstić information content (AvgIpc) is 2.69. The third-order valence-corrected chi connectivity index (χ3v) is 6.30. The third kappa shape index (κ3) is 5.39. The zero-order chi connectivity index (χ0) is 21.9. The fourth-order valence-corrected chi connectivity index (χ4v) is 4.51.